The Balaban J connectivity index is 2.23. The molecule has 110 valence electrons. The number of carbonyl (C=O) groups is 1. The van der Waals surface area contributed by atoms with Crippen LogP contribution in [0.3, 0.4) is 0 Å². The maximum Gasteiger partial charge on any atom is 0.335 e. The topological polar surface area (TPSA) is 42.2 Å². The standard InChI is InChI=1S/C19H17NO2/c1-13-8-10-16(19(21)22)12-18(13)20-14(2)9-11-17(20)15-6-4-3-5-7-15/h3-12H,1-2H3,(H,21,22). The number of hydrogen-bond acceptors (Lipinski definition) is 1. The van der Waals surface area contributed by atoms with E-state index in [0.717, 1.165) is 28.2 Å². The number of aryl methyl sites for hydroxylation is 2. The molecule has 1 aromatic heterocycles. The fraction of sp³-hybridized carbons (Fsp3) is 0.105. The van der Waals surface area contributed by atoms with Crippen LogP contribution < -0.4 is 0 Å². The lowest BCUT2D eigenvalue weighted by molar-refractivity contribution is 0.0697. The molecule has 3 aromatic rings. The van der Waals surface area contributed by atoms with Crippen LogP contribution in [0, 0.1) is 13.8 Å². The average Bonchev–Trinajstić information content (AvgIpc) is 2.90. The number of benzene rings is 2. The van der Waals surface area contributed by atoms with Crippen molar-refractivity contribution in [3.8, 4) is 16.9 Å². The van der Waals surface area contributed by atoms with Crippen molar-refractivity contribution in [3.63, 3.8) is 0 Å². The van der Waals surface area contributed by atoms with Gasteiger partial charge in [-0.2, -0.15) is 0 Å². The maximum absolute atomic E-state index is 11.3. The smallest absolute Gasteiger partial charge is 0.335 e. The van der Waals surface area contributed by atoms with E-state index in [4.69, 9.17) is 0 Å². The average molecular weight is 291 g/mol. The zero-order valence-electron chi connectivity index (χ0n) is 12.6. The summed E-state index contributed by atoms with van der Waals surface area (Å²) in [6.45, 7) is 4.02. The SMILES string of the molecule is Cc1ccc(C(=O)O)cc1-n1c(C)ccc1-c1ccccc1. The third kappa shape index (κ3) is 2.42. The van der Waals surface area contributed by atoms with Crippen LogP contribution in [-0.4, -0.2) is 15.6 Å². The van der Waals surface area contributed by atoms with E-state index in [-0.39, 0.29) is 0 Å². The molecule has 2 aromatic carbocycles. The number of carboxylic acid groups (broad SMARTS) is 1. The Hall–Kier alpha value is -2.81. The van der Waals surface area contributed by atoms with Gasteiger partial charge in [0, 0.05) is 11.4 Å². The molecule has 0 unspecified atom stereocenters. The van der Waals surface area contributed by atoms with Gasteiger partial charge in [-0.1, -0.05) is 36.4 Å². The molecule has 1 N–H and O–H groups in total. The molecule has 3 nitrogen and oxygen atoms in total. The summed E-state index contributed by atoms with van der Waals surface area (Å²) in [7, 11) is 0. The number of rotatable bonds is 3. The van der Waals surface area contributed by atoms with Crippen LogP contribution in [0.25, 0.3) is 16.9 Å². The fourth-order valence-electron chi connectivity index (χ4n) is 2.68. The molecule has 0 atom stereocenters. The maximum atomic E-state index is 11.3. The highest BCUT2D eigenvalue weighted by Gasteiger charge is 2.13. The number of aromatic nitrogens is 1. The summed E-state index contributed by atoms with van der Waals surface area (Å²) in [5.74, 6) is -0.910. The van der Waals surface area contributed by atoms with Gasteiger partial charge in [0.25, 0.3) is 0 Å². The predicted octanol–water partition coefficient (Wildman–Crippen LogP) is 4.46. The van der Waals surface area contributed by atoms with Gasteiger partial charge in [-0.15, -0.1) is 0 Å². The Labute approximate surface area is 129 Å². The summed E-state index contributed by atoms with van der Waals surface area (Å²) in [6.07, 6.45) is 0. The van der Waals surface area contributed by atoms with Gasteiger partial charge in [-0.25, -0.2) is 4.79 Å². The van der Waals surface area contributed by atoms with Crippen LogP contribution in [0.1, 0.15) is 21.6 Å². The van der Waals surface area contributed by atoms with Gasteiger partial charge in [0.2, 0.25) is 0 Å². The minimum absolute atomic E-state index is 0.299. The highest BCUT2D eigenvalue weighted by atomic mass is 16.4. The first-order valence-electron chi connectivity index (χ1n) is 7.16. The Morgan fingerprint density at radius 3 is 2.36 bits per heavy atom. The molecule has 0 bridgehead atoms. The van der Waals surface area contributed by atoms with Gasteiger partial charge >= 0.3 is 5.97 Å². The Kier molecular flexibility index (Phi) is 3.55. The lowest BCUT2D eigenvalue weighted by Crippen LogP contribution is -2.04. The first-order chi connectivity index (χ1) is 10.6. The lowest BCUT2D eigenvalue weighted by Gasteiger charge is -2.15. The van der Waals surface area contributed by atoms with Crippen molar-refractivity contribution < 1.29 is 9.90 Å². The highest BCUT2D eigenvalue weighted by molar-refractivity contribution is 5.88. The van der Waals surface area contributed by atoms with Gasteiger partial charge in [-0.05, 0) is 49.2 Å². The van der Waals surface area contributed by atoms with Gasteiger partial charge in [0.15, 0.2) is 0 Å². The Morgan fingerprint density at radius 2 is 1.68 bits per heavy atom. The minimum Gasteiger partial charge on any atom is -0.478 e. The number of carboxylic acids is 1. The van der Waals surface area contributed by atoms with Gasteiger partial charge in [0.1, 0.15) is 0 Å². The van der Waals surface area contributed by atoms with E-state index in [1.54, 1.807) is 12.1 Å². The molecule has 1 heterocycles. The molecule has 0 aliphatic rings. The first kappa shape index (κ1) is 14.1. The molecule has 0 saturated carbocycles. The van der Waals surface area contributed by atoms with E-state index < -0.39 is 5.97 Å². The Bertz CT molecular complexity index is 832. The van der Waals surface area contributed by atoms with Crippen molar-refractivity contribution in [2.45, 2.75) is 13.8 Å². The van der Waals surface area contributed by atoms with Crippen molar-refractivity contribution in [1.29, 1.82) is 0 Å². The minimum atomic E-state index is -0.910. The molecule has 0 aliphatic heterocycles. The molecule has 0 radical (unpaired) electrons. The van der Waals surface area contributed by atoms with E-state index in [9.17, 15) is 9.90 Å². The third-order valence-electron chi connectivity index (χ3n) is 3.84. The first-order valence-corrected chi connectivity index (χ1v) is 7.16. The van der Waals surface area contributed by atoms with Gasteiger partial charge in [-0.3, -0.25) is 0 Å². The zero-order valence-corrected chi connectivity index (χ0v) is 12.6. The van der Waals surface area contributed by atoms with E-state index in [2.05, 4.69) is 28.8 Å². The van der Waals surface area contributed by atoms with Crippen LogP contribution in [0.5, 0.6) is 0 Å². The summed E-state index contributed by atoms with van der Waals surface area (Å²) < 4.78 is 2.11. The molecule has 0 aliphatic carbocycles. The van der Waals surface area contributed by atoms with Crippen molar-refractivity contribution in [3.05, 3.63) is 77.5 Å². The van der Waals surface area contributed by atoms with E-state index in [1.807, 2.05) is 38.1 Å². The second-order valence-corrected chi connectivity index (χ2v) is 5.37. The third-order valence-corrected chi connectivity index (χ3v) is 3.84. The molecule has 3 rings (SSSR count). The molecular formula is C19H17NO2. The quantitative estimate of drug-likeness (QED) is 0.774. The van der Waals surface area contributed by atoms with Gasteiger partial charge < -0.3 is 9.67 Å². The largest absolute Gasteiger partial charge is 0.478 e. The molecule has 3 heteroatoms. The monoisotopic (exact) mass is 291 g/mol. The molecular weight excluding hydrogens is 274 g/mol. The van der Waals surface area contributed by atoms with Crippen LogP contribution in [0.2, 0.25) is 0 Å². The van der Waals surface area contributed by atoms with Crippen LogP contribution in [0.4, 0.5) is 0 Å². The number of hydrogen-bond donors (Lipinski definition) is 1. The summed E-state index contributed by atoms with van der Waals surface area (Å²) in [5, 5.41) is 9.24. The Morgan fingerprint density at radius 1 is 0.955 bits per heavy atom. The lowest BCUT2D eigenvalue weighted by atomic mass is 10.1. The molecule has 22 heavy (non-hydrogen) atoms. The number of aromatic carboxylic acids is 1. The molecule has 0 saturated heterocycles. The summed E-state index contributed by atoms with van der Waals surface area (Å²) in [6, 6.07) is 19.5. The molecule has 0 fully saturated rings. The van der Waals surface area contributed by atoms with Crippen molar-refractivity contribution in [2.24, 2.45) is 0 Å². The highest BCUT2D eigenvalue weighted by Crippen LogP contribution is 2.28. The second kappa shape index (κ2) is 5.53. The number of nitrogens with zero attached hydrogens (tertiary/aromatic N) is 1. The van der Waals surface area contributed by atoms with E-state index >= 15 is 0 Å². The van der Waals surface area contributed by atoms with Crippen molar-refractivity contribution in [2.75, 3.05) is 0 Å². The summed E-state index contributed by atoms with van der Waals surface area (Å²) >= 11 is 0. The summed E-state index contributed by atoms with van der Waals surface area (Å²) in [4.78, 5) is 11.3. The van der Waals surface area contributed by atoms with Crippen molar-refractivity contribution in [1.82, 2.24) is 4.57 Å². The fourth-order valence-corrected chi connectivity index (χ4v) is 2.68. The normalized spacial score (nSPS) is 10.6. The zero-order chi connectivity index (χ0) is 15.7. The van der Waals surface area contributed by atoms with Crippen LogP contribution >= 0.6 is 0 Å². The van der Waals surface area contributed by atoms with Crippen LogP contribution in [-0.2, 0) is 0 Å². The van der Waals surface area contributed by atoms with Crippen LogP contribution in [0.15, 0.2) is 60.7 Å². The molecule has 0 amide bonds. The van der Waals surface area contributed by atoms with E-state index in [0.29, 0.717) is 5.56 Å². The van der Waals surface area contributed by atoms with Crippen molar-refractivity contribution >= 4 is 5.97 Å². The molecule has 0 spiro atoms. The predicted molar refractivity (Wildman–Crippen MR) is 87.6 cm³/mol. The second-order valence-electron chi connectivity index (χ2n) is 5.37. The summed E-state index contributed by atoms with van der Waals surface area (Å²) in [5.41, 5.74) is 5.49. The van der Waals surface area contributed by atoms with E-state index in [1.165, 1.54) is 0 Å². The van der Waals surface area contributed by atoms with Gasteiger partial charge in [0.05, 0.1) is 11.3 Å².